The van der Waals surface area contributed by atoms with Crippen LogP contribution in [0, 0.1) is 13.8 Å². The summed E-state index contributed by atoms with van der Waals surface area (Å²) in [4.78, 5) is 12.6. The zero-order valence-corrected chi connectivity index (χ0v) is 17.1. The van der Waals surface area contributed by atoms with Crippen molar-refractivity contribution in [2.45, 2.75) is 31.2 Å². The van der Waals surface area contributed by atoms with Gasteiger partial charge in [0.25, 0.3) is 0 Å². The number of thioether (sulfide) groups is 1. The van der Waals surface area contributed by atoms with Crippen molar-refractivity contribution in [2.75, 3.05) is 22.1 Å². The van der Waals surface area contributed by atoms with Gasteiger partial charge in [0.1, 0.15) is 6.04 Å². The number of aryl methyl sites for hydroxylation is 2. The molecule has 1 atom stereocenters. The standard InChI is InChI=1S/C15H20N4O3S3/c1-9-6-7-10(2)12(8-9)19(25(5,21)22)11(3)13(20)16-14-17-18-15(23-4)24-14/h6-8,11H,1-5H3,(H,16,17,20)/t11-/m1/s1. The predicted octanol–water partition coefficient (Wildman–Crippen LogP) is 2.67. The summed E-state index contributed by atoms with van der Waals surface area (Å²) in [5.74, 6) is -0.463. The largest absolute Gasteiger partial charge is 0.299 e. The minimum atomic E-state index is -3.66. The van der Waals surface area contributed by atoms with Crippen LogP contribution in [0.25, 0.3) is 0 Å². The van der Waals surface area contributed by atoms with Crippen LogP contribution in [0.5, 0.6) is 0 Å². The molecule has 0 saturated carbocycles. The van der Waals surface area contributed by atoms with Gasteiger partial charge in [0.2, 0.25) is 21.1 Å². The van der Waals surface area contributed by atoms with Crippen LogP contribution < -0.4 is 9.62 Å². The second-order valence-corrected chi connectivity index (χ2v) is 9.48. The number of amides is 1. The zero-order chi connectivity index (χ0) is 18.8. The summed E-state index contributed by atoms with van der Waals surface area (Å²) < 4.78 is 26.6. The smallest absolute Gasteiger partial charge is 0.249 e. The molecule has 0 aliphatic heterocycles. The number of aromatic nitrogens is 2. The Morgan fingerprint density at radius 3 is 2.56 bits per heavy atom. The minimum absolute atomic E-state index is 0.343. The molecule has 1 amide bonds. The maximum atomic E-state index is 12.6. The highest BCUT2D eigenvalue weighted by Gasteiger charge is 2.30. The van der Waals surface area contributed by atoms with Gasteiger partial charge in [-0.3, -0.25) is 14.4 Å². The van der Waals surface area contributed by atoms with Crippen LogP contribution in [-0.4, -0.2) is 43.1 Å². The van der Waals surface area contributed by atoms with Crippen LogP contribution >= 0.6 is 23.1 Å². The summed E-state index contributed by atoms with van der Waals surface area (Å²) in [6.07, 6.45) is 2.95. The molecule has 1 heterocycles. The fourth-order valence-corrected chi connectivity index (χ4v) is 4.69. The molecule has 2 aromatic rings. The van der Waals surface area contributed by atoms with Gasteiger partial charge in [0.15, 0.2) is 4.34 Å². The van der Waals surface area contributed by atoms with Crippen molar-refractivity contribution in [2.24, 2.45) is 0 Å². The first-order valence-corrected chi connectivity index (χ1v) is 11.3. The number of benzene rings is 1. The number of carbonyl (C=O) groups is 1. The molecule has 0 saturated heterocycles. The predicted molar refractivity (Wildman–Crippen MR) is 103 cm³/mol. The van der Waals surface area contributed by atoms with Crippen molar-refractivity contribution in [3.8, 4) is 0 Å². The molecule has 0 bridgehead atoms. The van der Waals surface area contributed by atoms with Gasteiger partial charge in [0.05, 0.1) is 11.9 Å². The lowest BCUT2D eigenvalue weighted by Gasteiger charge is -2.29. The van der Waals surface area contributed by atoms with Crippen molar-refractivity contribution in [3.63, 3.8) is 0 Å². The third-order valence-electron chi connectivity index (χ3n) is 3.50. The van der Waals surface area contributed by atoms with Crippen LogP contribution in [0.2, 0.25) is 0 Å². The highest BCUT2D eigenvalue weighted by Crippen LogP contribution is 2.27. The van der Waals surface area contributed by atoms with E-state index in [2.05, 4.69) is 15.5 Å². The molecule has 1 aromatic heterocycles. The van der Waals surface area contributed by atoms with E-state index in [4.69, 9.17) is 0 Å². The third-order valence-corrected chi connectivity index (χ3v) is 6.54. The van der Waals surface area contributed by atoms with Crippen molar-refractivity contribution in [1.29, 1.82) is 0 Å². The average molecular weight is 401 g/mol. The van der Waals surface area contributed by atoms with Crippen LogP contribution in [0.15, 0.2) is 22.5 Å². The number of rotatable bonds is 6. The first-order chi connectivity index (χ1) is 11.6. The number of nitrogens with one attached hydrogen (secondary N) is 1. The summed E-state index contributed by atoms with van der Waals surface area (Å²) >= 11 is 2.66. The van der Waals surface area contributed by atoms with E-state index in [1.54, 1.807) is 13.0 Å². The Bertz CT molecular complexity index is 880. The number of hydrogen-bond donors (Lipinski definition) is 1. The lowest BCUT2D eigenvalue weighted by atomic mass is 10.1. The van der Waals surface area contributed by atoms with Gasteiger partial charge in [-0.05, 0) is 44.2 Å². The van der Waals surface area contributed by atoms with Crippen molar-refractivity contribution in [3.05, 3.63) is 29.3 Å². The normalized spacial score (nSPS) is 12.7. The van der Waals surface area contributed by atoms with Gasteiger partial charge in [0, 0.05) is 0 Å². The molecule has 0 unspecified atom stereocenters. The summed E-state index contributed by atoms with van der Waals surface area (Å²) in [7, 11) is -3.66. The van der Waals surface area contributed by atoms with Gasteiger partial charge < -0.3 is 0 Å². The highest BCUT2D eigenvalue weighted by molar-refractivity contribution is 8.00. The Hall–Kier alpha value is -1.65. The number of carbonyl (C=O) groups excluding carboxylic acids is 1. The van der Waals surface area contributed by atoms with Crippen LogP contribution in [-0.2, 0) is 14.8 Å². The molecule has 0 spiro atoms. The Kier molecular flexibility index (Phi) is 6.07. The third kappa shape index (κ3) is 4.71. The SMILES string of the molecule is CSc1nnc(NC(=O)[C@@H](C)N(c2cc(C)ccc2C)S(C)(=O)=O)s1. The Morgan fingerprint density at radius 1 is 1.32 bits per heavy atom. The first kappa shape index (κ1) is 19.7. The molecule has 0 radical (unpaired) electrons. The van der Waals surface area contributed by atoms with E-state index in [1.807, 2.05) is 32.2 Å². The zero-order valence-electron chi connectivity index (χ0n) is 14.6. The van der Waals surface area contributed by atoms with Gasteiger partial charge in [-0.1, -0.05) is 35.2 Å². The molecule has 7 nitrogen and oxygen atoms in total. The fourth-order valence-electron chi connectivity index (χ4n) is 2.29. The highest BCUT2D eigenvalue weighted by atomic mass is 32.2. The van der Waals surface area contributed by atoms with Crippen molar-refractivity contribution >= 4 is 49.8 Å². The lowest BCUT2D eigenvalue weighted by molar-refractivity contribution is -0.116. The van der Waals surface area contributed by atoms with Gasteiger partial charge in [-0.2, -0.15) is 0 Å². The van der Waals surface area contributed by atoms with Crippen molar-refractivity contribution < 1.29 is 13.2 Å². The lowest BCUT2D eigenvalue weighted by Crippen LogP contribution is -2.45. The summed E-state index contributed by atoms with van der Waals surface area (Å²) in [6.45, 7) is 5.24. The molecule has 1 N–H and O–H groups in total. The molecule has 0 aliphatic rings. The van der Waals surface area contributed by atoms with E-state index in [9.17, 15) is 13.2 Å². The summed E-state index contributed by atoms with van der Waals surface area (Å²) in [6, 6.07) is 4.56. The Labute approximate surface area is 155 Å². The number of sulfonamides is 1. The van der Waals surface area contributed by atoms with E-state index in [-0.39, 0.29) is 0 Å². The second kappa shape index (κ2) is 7.71. The quantitative estimate of drug-likeness (QED) is 0.592. The van der Waals surface area contributed by atoms with Crippen LogP contribution in [0.3, 0.4) is 0 Å². The molecule has 1 aromatic carbocycles. The average Bonchev–Trinajstić information content (AvgIpc) is 2.97. The molecule has 0 fully saturated rings. The first-order valence-electron chi connectivity index (χ1n) is 7.38. The molecule has 2 rings (SSSR count). The molecule has 10 heteroatoms. The summed E-state index contributed by atoms with van der Waals surface area (Å²) in [5, 5.41) is 10.8. The van der Waals surface area contributed by atoms with E-state index < -0.39 is 22.0 Å². The van der Waals surface area contributed by atoms with Gasteiger partial charge in [-0.25, -0.2) is 8.42 Å². The molecule has 25 heavy (non-hydrogen) atoms. The minimum Gasteiger partial charge on any atom is -0.299 e. The van der Waals surface area contributed by atoms with E-state index in [0.29, 0.717) is 10.8 Å². The number of hydrogen-bond acceptors (Lipinski definition) is 7. The Balaban J connectivity index is 2.34. The summed E-state index contributed by atoms with van der Waals surface area (Å²) in [5.41, 5.74) is 2.18. The number of anilines is 2. The number of nitrogens with zero attached hydrogens (tertiary/aromatic N) is 3. The van der Waals surface area contributed by atoms with E-state index in [0.717, 1.165) is 26.0 Å². The van der Waals surface area contributed by atoms with E-state index >= 15 is 0 Å². The van der Waals surface area contributed by atoms with Crippen LogP contribution in [0.4, 0.5) is 10.8 Å². The van der Waals surface area contributed by atoms with E-state index in [1.165, 1.54) is 23.1 Å². The maximum Gasteiger partial charge on any atom is 0.249 e. The molecular weight excluding hydrogens is 380 g/mol. The fraction of sp³-hybridized carbons (Fsp3) is 0.400. The topological polar surface area (TPSA) is 92.3 Å². The van der Waals surface area contributed by atoms with Gasteiger partial charge in [-0.15, -0.1) is 10.2 Å². The molecule has 0 aliphatic carbocycles. The van der Waals surface area contributed by atoms with Crippen LogP contribution in [0.1, 0.15) is 18.1 Å². The molecule has 136 valence electrons. The van der Waals surface area contributed by atoms with Crippen molar-refractivity contribution in [1.82, 2.24) is 10.2 Å². The monoisotopic (exact) mass is 400 g/mol. The molecular formula is C15H20N4O3S3. The maximum absolute atomic E-state index is 12.6. The Morgan fingerprint density at radius 2 is 2.00 bits per heavy atom. The van der Waals surface area contributed by atoms with Gasteiger partial charge >= 0.3 is 0 Å². The second-order valence-electron chi connectivity index (χ2n) is 5.59.